The van der Waals surface area contributed by atoms with Crippen LogP contribution in [0.4, 0.5) is 5.69 Å². The maximum atomic E-state index is 13.8. The van der Waals surface area contributed by atoms with Gasteiger partial charge in [0.25, 0.3) is 5.09 Å². The molecule has 0 radical (unpaired) electrons. The molecule has 0 saturated carbocycles. The first-order valence-electron chi connectivity index (χ1n) is 17.0. The number of amidine groups is 1. The van der Waals surface area contributed by atoms with Crippen LogP contribution in [0.3, 0.4) is 0 Å². The average molecular weight is 702 g/mol. The third-order valence-corrected chi connectivity index (χ3v) is 9.21. The lowest BCUT2D eigenvalue weighted by Crippen LogP contribution is -2.54. The molecular formula is C34H51N7O9. The van der Waals surface area contributed by atoms with Gasteiger partial charge in [0, 0.05) is 51.6 Å². The molecule has 0 aromatic heterocycles. The summed E-state index contributed by atoms with van der Waals surface area (Å²) in [5.74, 6) is 12.3. The summed E-state index contributed by atoms with van der Waals surface area (Å²) < 4.78 is 23.3. The summed E-state index contributed by atoms with van der Waals surface area (Å²) in [5, 5.41) is 24.2. The minimum absolute atomic E-state index is 0.00946. The number of carbonyl (C=O) groups excluding carboxylic acids is 1. The predicted octanol–water partition coefficient (Wildman–Crippen LogP) is 2.46. The molecule has 4 rings (SSSR count). The molecule has 2 aliphatic rings. The van der Waals surface area contributed by atoms with Gasteiger partial charge in [0.05, 0.1) is 38.7 Å². The highest BCUT2D eigenvalue weighted by molar-refractivity contribution is 5.85. The molecule has 50 heavy (non-hydrogen) atoms. The Bertz CT molecular complexity index is 1400. The first kappa shape index (κ1) is 38.4. The second-order valence-electron chi connectivity index (χ2n) is 12.4. The molecule has 276 valence electrons. The molecule has 2 aromatic rings. The van der Waals surface area contributed by atoms with Crippen LogP contribution in [0.25, 0.3) is 0 Å². The van der Waals surface area contributed by atoms with Gasteiger partial charge in [-0.25, -0.2) is 5.84 Å². The molecular weight excluding hydrogens is 650 g/mol. The van der Waals surface area contributed by atoms with Crippen LogP contribution in [0.15, 0.2) is 47.6 Å². The Hall–Kier alpha value is -4.38. The van der Waals surface area contributed by atoms with Crippen molar-refractivity contribution in [2.45, 2.75) is 75.7 Å². The highest BCUT2D eigenvalue weighted by atomic mass is 16.9. The molecule has 0 aliphatic carbocycles. The van der Waals surface area contributed by atoms with Crippen molar-refractivity contribution in [3.63, 3.8) is 0 Å². The van der Waals surface area contributed by atoms with E-state index < -0.39 is 17.2 Å². The van der Waals surface area contributed by atoms with Gasteiger partial charge in [-0.3, -0.25) is 4.79 Å². The Morgan fingerprint density at radius 2 is 1.96 bits per heavy atom. The number of nitrogens with one attached hydrogen (secondary N) is 1. The number of hydrazine groups is 1. The fraction of sp³-hybridized carbons (Fsp3) is 0.588. The number of hydrazone groups is 1. The third kappa shape index (κ3) is 10.8. The van der Waals surface area contributed by atoms with E-state index in [-0.39, 0.29) is 49.8 Å². The molecule has 4 unspecified atom stereocenters. The molecule has 1 amide bonds. The number of aliphatic hydroxyl groups is 1. The summed E-state index contributed by atoms with van der Waals surface area (Å²) >= 11 is 0. The van der Waals surface area contributed by atoms with Gasteiger partial charge in [-0.15, -0.1) is 10.1 Å². The standard InChI is InChI=1S/C34H51N7O9/c1-46-16-6-14-39-15-18-48-31-13-8-24(19-29(31)39)23-49-32-22-40(33(43)7-4-3-5-17-50-41(44)45)26(21-30(42)34(37-35)38-36)20-28(32)25-9-11-27(47-2)12-10-25/h8-13,19,26,28,30,32,42H,3-7,14-18,20-23,35-36H2,1-2H3,(H,37,38). The molecule has 4 atom stereocenters. The quantitative estimate of drug-likeness (QED) is 0.0415. The van der Waals surface area contributed by atoms with Gasteiger partial charge < -0.3 is 50.0 Å². The maximum absolute atomic E-state index is 13.8. The number of likely N-dealkylation sites (tertiary alicyclic amines) is 1. The van der Waals surface area contributed by atoms with E-state index in [1.165, 1.54) is 0 Å². The topological polar surface area (TPSA) is 210 Å². The SMILES string of the molecule is COCCCN1CCOc2ccc(COC3CN(C(=O)CCCCCO[N+](=O)[O-])C(CC(O)/C(=N/N)NN)CC3c3ccc(OC)cc3)cc21. The molecule has 0 bridgehead atoms. The van der Waals surface area contributed by atoms with Crippen molar-refractivity contribution in [1.82, 2.24) is 10.3 Å². The van der Waals surface area contributed by atoms with Crippen molar-refractivity contribution in [3.05, 3.63) is 63.7 Å². The Morgan fingerprint density at radius 1 is 1.16 bits per heavy atom. The van der Waals surface area contributed by atoms with E-state index in [9.17, 15) is 20.0 Å². The fourth-order valence-electron chi connectivity index (χ4n) is 6.61. The van der Waals surface area contributed by atoms with E-state index in [2.05, 4.69) is 26.3 Å². The van der Waals surface area contributed by atoms with Crippen LogP contribution in [0.5, 0.6) is 11.5 Å². The lowest BCUT2D eigenvalue weighted by molar-refractivity contribution is -0.757. The molecule has 1 saturated heterocycles. The van der Waals surface area contributed by atoms with Crippen LogP contribution >= 0.6 is 0 Å². The molecule has 2 aliphatic heterocycles. The zero-order chi connectivity index (χ0) is 35.9. The zero-order valence-corrected chi connectivity index (χ0v) is 28.9. The van der Waals surface area contributed by atoms with Gasteiger partial charge in [0.1, 0.15) is 24.2 Å². The maximum Gasteiger partial charge on any atom is 0.294 e. The number of aliphatic hydroxyl groups excluding tert-OH is 1. The van der Waals surface area contributed by atoms with Gasteiger partial charge in [-0.05, 0) is 61.1 Å². The fourth-order valence-corrected chi connectivity index (χ4v) is 6.61. The molecule has 16 heteroatoms. The Morgan fingerprint density at radius 3 is 2.66 bits per heavy atom. The molecule has 6 N–H and O–H groups in total. The summed E-state index contributed by atoms with van der Waals surface area (Å²) in [4.78, 5) is 32.7. The van der Waals surface area contributed by atoms with E-state index >= 15 is 0 Å². The number of carbonyl (C=O) groups is 1. The number of benzene rings is 2. The lowest BCUT2D eigenvalue weighted by Gasteiger charge is -2.45. The Balaban J connectivity index is 1.56. The monoisotopic (exact) mass is 701 g/mol. The highest BCUT2D eigenvalue weighted by Crippen LogP contribution is 2.38. The number of nitrogens with two attached hydrogens (primary N) is 2. The first-order chi connectivity index (χ1) is 24.3. The number of anilines is 1. The third-order valence-electron chi connectivity index (χ3n) is 9.21. The summed E-state index contributed by atoms with van der Waals surface area (Å²) in [5.41, 5.74) is 5.35. The number of hydrogen-bond donors (Lipinski definition) is 4. The Kier molecular flexibility index (Phi) is 15.2. The van der Waals surface area contributed by atoms with Gasteiger partial charge in [0.15, 0.2) is 5.84 Å². The van der Waals surface area contributed by atoms with Crippen LogP contribution < -0.4 is 31.5 Å². The second-order valence-corrected chi connectivity index (χ2v) is 12.4. The second kappa shape index (κ2) is 19.7. The number of unbranched alkanes of at least 4 members (excludes halogenated alkanes) is 2. The van der Waals surface area contributed by atoms with Crippen molar-refractivity contribution in [2.75, 3.05) is 58.6 Å². The van der Waals surface area contributed by atoms with Crippen LogP contribution in [0.1, 0.15) is 62.0 Å². The van der Waals surface area contributed by atoms with Crippen molar-refractivity contribution in [3.8, 4) is 11.5 Å². The normalized spacial score (nSPS) is 19.7. The summed E-state index contributed by atoms with van der Waals surface area (Å²) in [6.07, 6.45) is 1.80. The Labute approximate surface area is 292 Å². The van der Waals surface area contributed by atoms with Crippen LogP contribution in [0.2, 0.25) is 0 Å². The smallest absolute Gasteiger partial charge is 0.294 e. The van der Waals surface area contributed by atoms with Gasteiger partial charge in [-0.2, -0.15) is 5.10 Å². The number of piperidine rings is 1. The minimum atomic E-state index is -1.14. The van der Waals surface area contributed by atoms with Crippen LogP contribution in [-0.4, -0.2) is 98.8 Å². The highest BCUT2D eigenvalue weighted by Gasteiger charge is 2.40. The number of amides is 1. The molecule has 0 spiro atoms. The van der Waals surface area contributed by atoms with Gasteiger partial charge >= 0.3 is 0 Å². The van der Waals surface area contributed by atoms with E-state index in [0.717, 1.165) is 47.8 Å². The minimum Gasteiger partial charge on any atom is -0.497 e. The number of methoxy groups -OCH3 is 2. The van der Waals surface area contributed by atoms with E-state index in [1.54, 1.807) is 19.1 Å². The number of nitrogens with zero attached hydrogens (tertiary/aromatic N) is 4. The van der Waals surface area contributed by atoms with Crippen LogP contribution in [-0.2, 0) is 25.7 Å². The zero-order valence-electron chi connectivity index (χ0n) is 28.9. The average Bonchev–Trinajstić information content (AvgIpc) is 3.12. The first-order valence-corrected chi connectivity index (χ1v) is 17.0. The van der Waals surface area contributed by atoms with E-state index in [0.29, 0.717) is 45.5 Å². The molecule has 2 aromatic carbocycles. The molecule has 2 heterocycles. The van der Waals surface area contributed by atoms with E-state index in [1.807, 2.05) is 36.4 Å². The summed E-state index contributed by atoms with van der Waals surface area (Å²) in [6.45, 7) is 3.49. The summed E-state index contributed by atoms with van der Waals surface area (Å²) in [7, 11) is 3.31. The van der Waals surface area contributed by atoms with E-state index in [4.69, 9.17) is 30.6 Å². The number of hydrogen-bond acceptors (Lipinski definition) is 13. The predicted molar refractivity (Wildman–Crippen MR) is 186 cm³/mol. The molecule has 1 fully saturated rings. The largest absolute Gasteiger partial charge is 0.497 e. The van der Waals surface area contributed by atoms with Crippen molar-refractivity contribution >= 4 is 17.4 Å². The number of ether oxygens (including phenoxy) is 4. The van der Waals surface area contributed by atoms with Crippen molar-refractivity contribution in [2.24, 2.45) is 16.8 Å². The molecule has 16 nitrogen and oxygen atoms in total. The van der Waals surface area contributed by atoms with Crippen molar-refractivity contribution in [1.29, 1.82) is 0 Å². The van der Waals surface area contributed by atoms with Crippen molar-refractivity contribution < 1.29 is 38.8 Å². The number of fused-ring (bicyclic) bond motifs is 1. The van der Waals surface area contributed by atoms with Crippen LogP contribution in [0, 0.1) is 10.1 Å². The number of rotatable bonds is 19. The van der Waals surface area contributed by atoms with Gasteiger partial charge in [0.2, 0.25) is 5.91 Å². The van der Waals surface area contributed by atoms with Gasteiger partial charge in [-0.1, -0.05) is 24.6 Å². The lowest BCUT2D eigenvalue weighted by atomic mass is 9.81. The summed E-state index contributed by atoms with van der Waals surface area (Å²) in [6, 6.07) is 13.5.